The Balaban J connectivity index is 1.99. The number of ether oxygens (including phenoxy) is 2. The molecule has 8 nitrogen and oxygen atoms in total. The van der Waals surface area contributed by atoms with Crippen LogP contribution in [0, 0.1) is 0 Å². The number of carbonyl (C=O) groups is 2. The molecule has 27 heavy (non-hydrogen) atoms. The molecule has 0 radical (unpaired) electrons. The van der Waals surface area contributed by atoms with E-state index in [-0.39, 0.29) is 6.04 Å². The molecule has 2 amide bonds. The first kappa shape index (κ1) is 20.5. The van der Waals surface area contributed by atoms with Crippen LogP contribution in [-0.2, 0) is 19.1 Å². The molecule has 1 aliphatic heterocycles. The molecule has 2 aliphatic carbocycles. The van der Waals surface area contributed by atoms with Crippen molar-refractivity contribution < 1.29 is 29.3 Å². The third-order valence-corrected chi connectivity index (χ3v) is 5.77. The normalized spacial score (nSPS) is 34.1. The highest BCUT2D eigenvalue weighted by Gasteiger charge is 2.77. The van der Waals surface area contributed by atoms with E-state index < -0.39 is 40.1 Å². The van der Waals surface area contributed by atoms with Crippen molar-refractivity contribution in [3.05, 3.63) is 0 Å². The summed E-state index contributed by atoms with van der Waals surface area (Å²) in [6, 6.07) is -0.204. The lowest BCUT2D eigenvalue weighted by molar-refractivity contribution is -0.483. The summed E-state index contributed by atoms with van der Waals surface area (Å²) in [6.45, 7) is 8.97. The molecule has 8 heteroatoms. The van der Waals surface area contributed by atoms with Gasteiger partial charge in [0, 0.05) is 11.6 Å². The lowest BCUT2D eigenvalue weighted by atomic mass is 9.66. The molecule has 0 unspecified atom stereocenters. The quantitative estimate of drug-likeness (QED) is 0.569. The van der Waals surface area contributed by atoms with Gasteiger partial charge >= 0.3 is 0 Å². The van der Waals surface area contributed by atoms with Crippen molar-refractivity contribution in [1.82, 2.24) is 10.6 Å². The van der Waals surface area contributed by atoms with Crippen molar-refractivity contribution in [1.29, 1.82) is 0 Å². The van der Waals surface area contributed by atoms with E-state index in [1.54, 1.807) is 34.6 Å². The minimum Gasteiger partial charge on any atom is -0.356 e. The summed E-state index contributed by atoms with van der Waals surface area (Å²) in [5.41, 5.74) is -3.49. The minimum atomic E-state index is -2.26. The summed E-state index contributed by atoms with van der Waals surface area (Å²) in [7, 11) is 0. The second-order valence-corrected chi connectivity index (χ2v) is 9.52. The molecule has 0 bridgehead atoms. The van der Waals surface area contributed by atoms with Gasteiger partial charge in [-0.3, -0.25) is 9.59 Å². The molecule has 1 saturated heterocycles. The highest BCUT2D eigenvalue weighted by Crippen LogP contribution is 2.59. The predicted octanol–water partition coefficient (Wildman–Crippen LogP) is 0.695. The number of rotatable bonds is 3. The number of amides is 2. The van der Waals surface area contributed by atoms with Crippen molar-refractivity contribution in [3.63, 3.8) is 0 Å². The highest BCUT2D eigenvalue weighted by atomic mass is 16.8. The van der Waals surface area contributed by atoms with Crippen LogP contribution in [0.1, 0.15) is 73.1 Å². The summed E-state index contributed by atoms with van der Waals surface area (Å²) >= 11 is 0. The van der Waals surface area contributed by atoms with Gasteiger partial charge in [-0.05, 0) is 73.1 Å². The van der Waals surface area contributed by atoms with Gasteiger partial charge in [-0.25, -0.2) is 0 Å². The average Bonchev–Trinajstić information content (AvgIpc) is 2.43. The van der Waals surface area contributed by atoms with Gasteiger partial charge in [0.25, 0.3) is 23.4 Å². The molecule has 3 rings (SSSR count). The van der Waals surface area contributed by atoms with Crippen LogP contribution in [0.15, 0.2) is 0 Å². The molecule has 4 N–H and O–H groups in total. The van der Waals surface area contributed by atoms with E-state index in [4.69, 9.17) is 9.47 Å². The molecule has 0 aromatic rings. The molecule has 1 heterocycles. The second kappa shape index (κ2) is 6.14. The number of hydrogen-bond acceptors (Lipinski definition) is 6. The van der Waals surface area contributed by atoms with E-state index in [0.29, 0.717) is 38.5 Å². The van der Waals surface area contributed by atoms with E-state index in [2.05, 4.69) is 10.6 Å². The van der Waals surface area contributed by atoms with Crippen LogP contribution >= 0.6 is 0 Å². The van der Waals surface area contributed by atoms with Crippen LogP contribution in [-0.4, -0.2) is 56.4 Å². The van der Waals surface area contributed by atoms with Gasteiger partial charge in [-0.1, -0.05) is 0 Å². The van der Waals surface area contributed by atoms with Gasteiger partial charge < -0.3 is 30.3 Å². The Kier molecular flexibility index (Phi) is 4.66. The van der Waals surface area contributed by atoms with E-state index in [1.165, 1.54) is 0 Å². The molecule has 3 fully saturated rings. The van der Waals surface area contributed by atoms with E-state index in [1.807, 2.05) is 0 Å². The first-order chi connectivity index (χ1) is 12.3. The van der Waals surface area contributed by atoms with Crippen LogP contribution in [0.2, 0.25) is 0 Å². The molecule has 2 spiro atoms. The smallest absolute Gasteiger partial charge is 0.283 e. The van der Waals surface area contributed by atoms with Gasteiger partial charge in [0.05, 0.1) is 0 Å². The zero-order valence-electron chi connectivity index (χ0n) is 16.8. The maximum Gasteiger partial charge on any atom is 0.283 e. The van der Waals surface area contributed by atoms with Crippen LogP contribution in [0.4, 0.5) is 0 Å². The first-order valence-electron chi connectivity index (χ1n) is 9.78. The number of hydrogen-bond donors (Lipinski definition) is 4. The monoisotopic (exact) mass is 384 g/mol. The Bertz CT molecular complexity index is 635. The van der Waals surface area contributed by atoms with Gasteiger partial charge in [0.2, 0.25) is 0 Å². The maximum atomic E-state index is 13.0. The predicted molar refractivity (Wildman–Crippen MR) is 96.4 cm³/mol. The molecule has 0 aromatic carbocycles. The largest absolute Gasteiger partial charge is 0.356 e. The van der Waals surface area contributed by atoms with E-state index >= 15 is 0 Å². The van der Waals surface area contributed by atoms with Gasteiger partial charge in [-0.2, -0.15) is 0 Å². The fraction of sp³-hybridized carbons (Fsp3) is 0.895. The molecule has 0 aromatic heterocycles. The van der Waals surface area contributed by atoms with Crippen LogP contribution < -0.4 is 10.6 Å². The Labute approximate surface area is 160 Å². The third-order valence-electron chi connectivity index (χ3n) is 5.77. The number of carbonyl (C=O) groups excluding carboxylic acids is 2. The maximum absolute atomic E-state index is 13.0. The first-order valence-corrected chi connectivity index (χ1v) is 9.78. The zero-order chi connectivity index (χ0) is 20.3. The van der Waals surface area contributed by atoms with Gasteiger partial charge in [-0.15, -0.1) is 0 Å². The van der Waals surface area contributed by atoms with Crippen molar-refractivity contribution >= 4 is 11.8 Å². The molecular weight excluding hydrogens is 352 g/mol. The van der Waals surface area contributed by atoms with Gasteiger partial charge in [0.1, 0.15) is 11.2 Å². The lowest BCUT2D eigenvalue weighted by Crippen LogP contribution is -2.84. The van der Waals surface area contributed by atoms with E-state index in [9.17, 15) is 19.8 Å². The van der Waals surface area contributed by atoms with E-state index in [0.717, 1.165) is 0 Å². The Morgan fingerprint density at radius 2 is 1.30 bits per heavy atom. The minimum absolute atomic E-state index is 0.204. The fourth-order valence-corrected chi connectivity index (χ4v) is 4.06. The summed E-state index contributed by atoms with van der Waals surface area (Å²) in [5.74, 6) is -5.90. The summed E-state index contributed by atoms with van der Waals surface area (Å²) in [6.07, 6.45) is 2.66. The Hall–Kier alpha value is -1.22. The average molecular weight is 384 g/mol. The third kappa shape index (κ3) is 2.97. The van der Waals surface area contributed by atoms with Crippen molar-refractivity contribution in [2.45, 2.75) is 108 Å². The number of nitrogens with one attached hydrogen (secondary N) is 2. The van der Waals surface area contributed by atoms with Crippen LogP contribution in [0.25, 0.3) is 0 Å². The van der Waals surface area contributed by atoms with Crippen LogP contribution in [0.5, 0.6) is 0 Å². The molecule has 2 atom stereocenters. The summed E-state index contributed by atoms with van der Waals surface area (Å²) in [5, 5.41) is 28.1. The second-order valence-electron chi connectivity index (χ2n) is 9.52. The standard InChI is InChI=1S/C19H32N2O6/c1-12(2)20-13(22)18(24)16(8-6-9-16)27-19(25,14(23)21-15(3,4)5)17(26-18)10-7-11-17/h12,24-25H,6-11H2,1-5H3,(H,20,22)(H,21,23)/t18-,19-/m0/s1. The molecule has 2 saturated carbocycles. The van der Waals surface area contributed by atoms with Crippen molar-refractivity contribution in [2.24, 2.45) is 0 Å². The van der Waals surface area contributed by atoms with Crippen molar-refractivity contribution in [2.75, 3.05) is 0 Å². The SMILES string of the molecule is CC(C)NC(=O)[C@]1(O)OC2(CCC2)[C@](O)(C(=O)NC(C)(C)C)OC12CCC2. The Morgan fingerprint density at radius 1 is 0.889 bits per heavy atom. The zero-order valence-corrected chi connectivity index (χ0v) is 16.8. The van der Waals surface area contributed by atoms with Crippen molar-refractivity contribution in [3.8, 4) is 0 Å². The highest BCUT2D eigenvalue weighted by molar-refractivity contribution is 5.89. The Morgan fingerprint density at radius 3 is 1.59 bits per heavy atom. The number of aliphatic hydroxyl groups is 2. The van der Waals surface area contributed by atoms with Gasteiger partial charge in [0.15, 0.2) is 0 Å². The van der Waals surface area contributed by atoms with Crippen LogP contribution in [0.3, 0.4) is 0 Å². The topological polar surface area (TPSA) is 117 Å². The molecule has 3 aliphatic rings. The molecular formula is C19H32N2O6. The summed E-state index contributed by atoms with van der Waals surface area (Å²) < 4.78 is 12.0. The lowest BCUT2D eigenvalue weighted by Gasteiger charge is -2.65. The summed E-state index contributed by atoms with van der Waals surface area (Å²) in [4.78, 5) is 25.8. The molecule has 154 valence electrons. The fourth-order valence-electron chi connectivity index (χ4n) is 4.06.